The molecule has 0 radical (unpaired) electrons. The summed E-state index contributed by atoms with van der Waals surface area (Å²) >= 11 is 0. The van der Waals surface area contributed by atoms with Crippen LogP contribution >= 0.6 is 0 Å². The molecule has 2 aromatic heterocycles. The molecule has 2 N–H and O–H groups in total. The molecule has 2 unspecified atom stereocenters. The molecule has 8 nitrogen and oxygen atoms in total. The second kappa shape index (κ2) is 9.19. The monoisotopic (exact) mass is 473 g/mol. The first kappa shape index (κ1) is 23.1. The molecule has 0 saturated carbocycles. The van der Waals surface area contributed by atoms with E-state index >= 15 is 0 Å². The van der Waals surface area contributed by atoms with E-state index in [1.807, 2.05) is 55.6 Å². The summed E-state index contributed by atoms with van der Waals surface area (Å²) in [5.74, 6) is 2.00. The first-order valence-electron chi connectivity index (χ1n) is 12.0. The molecule has 0 bridgehead atoms. The van der Waals surface area contributed by atoms with Gasteiger partial charge in [0.1, 0.15) is 29.5 Å². The highest BCUT2D eigenvalue weighted by Gasteiger charge is 2.31. The van der Waals surface area contributed by atoms with E-state index < -0.39 is 0 Å². The molecule has 2 aliphatic heterocycles. The van der Waals surface area contributed by atoms with Crippen molar-refractivity contribution in [3.05, 3.63) is 65.1 Å². The number of rotatable bonds is 2. The third kappa shape index (κ3) is 4.30. The second-order valence-electron chi connectivity index (χ2n) is 9.33. The summed E-state index contributed by atoms with van der Waals surface area (Å²) in [5, 5.41) is 0. The van der Waals surface area contributed by atoms with Crippen LogP contribution in [0.1, 0.15) is 53.1 Å². The van der Waals surface area contributed by atoms with Crippen molar-refractivity contribution in [2.75, 3.05) is 26.0 Å². The molecule has 8 heteroatoms. The van der Waals surface area contributed by atoms with Gasteiger partial charge in [-0.15, -0.1) is 0 Å². The Morgan fingerprint density at radius 1 is 1.17 bits per heavy atom. The van der Waals surface area contributed by atoms with Gasteiger partial charge >= 0.3 is 0 Å². The van der Waals surface area contributed by atoms with Crippen LogP contribution in [0.15, 0.2) is 42.6 Å². The molecule has 182 valence electrons. The number of carbonyl (C=O) groups excluding carboxylic acids is 1. The Morgan fingerprint density at radius 2 is 2.00 bits per heavy atom. The zero-order chi connectivity index (χ0) is 24.7. The number of anilines is 1. The number of nitrogens with two attached hydrogens (primary N) is 1. The van der Waals surface area contributed by atoms with Gasteiger partial charge in [-0.1, -0.05) is 12.1 Å². The van der Waals surface area contributed by atoms with Crippen LogP contribution in [0, 0.1) is 13.8 Å². The molecule has 2 aliphatic rings. The highest BCUT2D eigenvalue weighted by Crippen LogP contribution is 2.36. The maximum atomic E-state index is 13.3. The molecule has 4 aromatic rings. The topological polar surface area (TPSA) is 95.0 Å². The summed E-state index contributed by atoms with van der Waals surface area (Å²) in [6.07, 6.45) is 4.78. The van der Waals surface area contributed by atoms with E-state index in [1.165, 1.54) is 12.8 Å². The number of benzene rings is 2. The third-order valence-corrected chi connectivity index (χ3v) is 6.77. The number of imidazole rings is 1. The van der Waals surface area contributed by atoms with E-state index in [2.05, 4.69) is 16.9 Å². The van der Waals surface area contributed by atoms with E-state index in [-0.39, 0.29) is 11.9 Å². The average Bonchev–Trinajstić information content (AvgIpc) is 3.59. The highest BCUT2D eigenvalue weighted by atomic mass is 16.5. The Kier molecular flexibility index (Phi) is 6.06. The molecule has 1 fully saturated rings. The first-order chi connectivity index (χ1) is 16.8. The number of likely N-dealkylation sites (N-methyl/N-ethyl adjacent to an activating group) is 1. The lowest BCUT2D eigenvalue weighted by Crippen LogP contribution is -2.32. The predicted molar refractivity (Wildman–Crippen MR) is 136 cm³/mol. The maximum absolute atomic E-state index is 13.3. The first-order valence-corrected chi connectivity index (χ1v) is 12.0. The van der Waals surface area contributed by atoms with Crippen LogP contribution in [-0.2, 0) is 4.74 Å². The molecule has 0 aliphatic carbocycles. The van der Waals surface area contributed by atoms with Crippen LogP contribution < -0.4 is 10.5 Å². The van der Waals surface area contributed by atoms with Crippen LogP contribution in [-0.4, -0.2) is 51.5 Å². The van der Waals surface area contributed by atoms with E-state index in [1.54, 1.807) is 17.2 Å². The van der Waals surface area contributed by atoms with Crippen molar-refractivity contribution >= 4 is 28.3 Å². The standard InChI is InChI=1S/C22H21N5O2.C5H10O/c1-12-4-6-15-19(11-29-20(15)8-12)26(3)22(28)14-5-7-16-17(9-14)27-13(2)24-10-18(27)21(23)25-16;1-5-3-2-4-6-5/h4-10,19H,11H2,1-3H3,(H2,23,25);5H,2-4H2,1H3. The van der Waals surface area contributed by atoms with Crippen LogP contribution in [0.5, 0.6) is 5.75 Å². The average molecular weight is 474 g/mol. The number of hydrogen-bond donors (Lipinski definition) is 1. The highest BCUT2D eigenvalue weighted by molar-refractivity contribution is 5.98. The summed E-state index contributed by atoms with van der Waals surface area (Å²) in [6.45, 7) is 7.49. The zero-order valence-corrected chi connectivity index (χ0v) is 20.6. The number of fused-ring (bicyclic) bond motifs is 4. The summed E-state index contributed by atoms with van der Waals surface area (Å²) in [4.78, 5) is 23.8. The molecule has 2 atom stereocenters. The number of ether oxygens (including phenoxy) is 2. The number of nitrogens with zero attached hydrogens (tertiary/aromatic N) is 4. The van der Waals surface area contributed by atoms with E-state index in [9.17, 15) is 4.79 Å². The lowest BCUT2D eigenvalue weighted by Gasteiger charge is -2.24. The fourth-order valence-electron chi connectivity index (χ4n) is 4.75. The molecular weight excluding hydrogens is 442 g/mol. The van der Waals surface area contributed by atoms with Gasteiger partial charge in [0.25, 0.3) is 5.91 Å². The Balaban J connectivity index is 0.000000371. The quantitative estimate of drug-likeness (QED) is 0.462. The van der Waals surface area contributed by atoms with Gasteiger partial charge in [0, 0.05) is 24.8 Å². The van der Waals surface area contributed by atoms with E-state index in [0.29, 0.717) is 24.1 Å². The minimum absolute atomic E-state index is 0.0725. The normalized spacial score (nSPS) is 18.7. The number of nitrogen functional groups attached to an aromatic ring is 1. The second-order valence-corrected chi connectivity index (χ2v) is 9.33. The minimum atomic E-state index is -0.117. The van der Waals surface area contributed by atoms with E-state index in [4.69, 9.17) is 15.2 Å². The number of amides is 1. The van der Waals surface area contributed by atoms with Gasteiger partial charge in [0.05, 0.1) is 29.4 Å². The summed E-state index contributed by atoms with van der Waals surface area (Å²) < 4.78 is 12.9. The fraction of sp³-hybridized carbons (Fsp3) is 0.370. The van der Waals surface area contributed by atoms with Gasteiger partial charge in [-0.05, 0) is 63.4 Å². The summed E-state index contributed by atoms with van der Waals surface area (Å²) in [7, 11) is 1.81. The van der Waals surface area contributed by atoms with Gasteiger partial charge in [0.2, 0.25) is 0 Å². The van der Waals surface area contributed by atoms with Crippen molar-refractivity contribution in [3.63, 3.8) is 0 Å². The van der Waals surface area contributed by atoms with Crippen LogP contribution in [0.3, 0.4) is 0 Å². The van der Waals surface area contributed by atoms with Gasteiger partial charge < -0.3 is 20.1 Å². The Hall–Kier alpha value is -3.65. The van der Waals surface area contributed by atoms with Crippen molar-refractivity contribution in [2.45, 2.75) is 45.8 Å². The summed E-state index contributed by atoms with van der Waals surface area (Å²) in [5.41, 5.74) is 11.1. The van der Waals surface area contributed by atoms with Crippen LogP contribution in [0.25, 0.3) is 16.6 Å². The van der Waals surface area contributed by atoms with Gasteiger partial charge in [-0.2, -0.15) is 0 Å². The number of aryl methyl sites for hydroxylation is 2. The number of aromatic nitrogens is 3. The minimum Gasteiger partial charge on any atom is -0.491 e. The summed E-state index contributed by atoms with van der Waals surface area (Å²) in [6, 6.07) is 11.5. The smallest absolute Gasteiger partial charge is 0.254 e. The van der Waals surface area contributed by atoms with Gasteiger partial charge in [-0.25, -0.2) is 9.97 Å². The Labute approximate surface area is 204 Å². The number of carbonyl (C=O) groups is 1. The lowest BCUT2D eigenvalue weighted by molar-refractivity contribution is 0.0708. The molecule has 0 spiro atoms. The van der Waals surface area contributed by atoms with Crippen molar-refractivity contribution in [1.82, 2.24) is 19.3 Å². The number of hydrogen-bond acceptors (Lipinski definition) is 6. The fourth-order valence-corrected chi connectivity index (χ4v) is 4.75. The van der Waals surface area contributed by atoms with Gasteiger partial charge in [-0.3, -0.25) is 9.20 Å². The molecule has 6 rings (SSSR count). The molecule has 35 heavy (non-hydrogen) atoms. The van der Waals surface area contributed by atoms with Crippen molar-refractivity contribution in [3.8, 4) is 5.75 Å². The van der Waals surface area contributed by atoms with E-state index in [0.717, 1.165) is 45.9 Å². The van der Waals surface area contributed by atoms with Crippen LogP contribution in [0.2, 0.25) is 0 Å². The third-order valence-electron chi connectivity index (χ3n) is 6.77. The van der Waals surface area contributed by atoms with Crippen molar-refractivity contribution < 1.29 is 14.3 Å². The molecule has 1 amide bonds. The Bertz CT molecular complexity index is 1410. The molecule has 1 saturated heterocycles. The lowest BCUT2D eigenvalue weighted by atomic mass is 10.0. The predicted octanol–water partition coefficient (Wildman–Crippen LogP) is 4.47. The van der Waals surface area contributed by atoms with Crippen molar-refractivity contribution in [2.24, 2.45) is 0 Å². The molecular formula is C27H31N5O3. The Morgan fingerprint density at radius 3 is 2.71 bits per heavy atom. The zero-order valence-electron chi connectivity index (χ0n) is 20.6. The van der Waals surface area contributed by atoms with Crippen LogP contribution in [0.4, 0.5) is 5.82 Å². The van der Waals surface area contributed by atoms with Crippen molar-refractivity contribution in [1.29, 1.82) is 0 Å². The molecule has 2 aromatic carbocycles. The van der Waals surface area contributed by atoms with Gasteiger partial charge in [0.15, 0.2) is 0 Å². The molecule has 4 heterocycles. The maximum Gasteiger partial charge on any atom is 0.254 e. The SMILES string of the molecule is CC1CCCO1.Cc1ccc2c(c1)OCC2N(C)C(=O)c1ccc2nc(N)c3cnc(C)n3c2c1. The largest absolute Gasteiger partial charge is 0.491 e.